The molecular formula is C16H24Cl2N2O. The Labute approximate surface area is 137 Å². The molecule has 3 N–H and O–H groups in total. The summed E-state index contributed by atoms with van der Waals surface area (Å²) in [6.07, 6.45) is 4.85. The number of likely N-dealkylation sites (N-methyl/N-ethyl adjacent to an activating group) is 1. The van der Waals surface area contributed by atoms with Gasteiger partial charge in [0, 0.05) is 12.6 Å². The molecular weight excluding hydrogens is 307 g/mol. The Hall–Kier alpha value is -0.320. The predicted molar refractivity (Wildman–Crippen MR) is 88.9 cm³/mol. The van der Waals surface area contributed by atoms with Crippen LogP contribution in [0.5, 0.6) is 0 Å². The van der Waals surface area contributed by atoms with Gasteiger partial charge in [-0.3, -0.25) is 0 Å². The highest BCUT2D eigenvalue weighted by Gasteiger charge is 2.32. The van der Waals surface area contributed by atoms with E-state index in [1.807, 2.05) is 19.2 Å². The van der Waals surface area contributed by atoms with Crippen LogP contribution in [-0.4, -0.2) is 35.7 Å². The molecule has 3 nitrogen and oxygen atoms in total. The fourth-order valence-corrected chi connectivity index (χ4v) is 3.54. The fraction of sp³-hybridized carbons (Fsp3) is 0.625. The second-order valence-corrected chi connectivity index (χ2v) is 6.99. The quantitative estimate of drug-likeness (QED) is 0.837. The lowest BCUT2D eigenvalue weighted by Crippen LogP contribution is -2.40. The number of nitrogens with two attached hydrogens (primary N) is 1. The van der Waals surface area contributed by atoms with Crippen LogP contribution < -0.4 is 5.73 Å². The molecule has 5 heteroatoms. The van der Waals surface area contributed by atoms with Gasteiger partial charge in [-0.15, -0.1) is 0 Å². The lowest BCUT2D eigenvalue weighted by molar-refractivity contribution is 0.0158. The van der Waals surface area contributed by atoms with Gasteiger partial charge in [0.1, 0.15) is 0 Å². The molecule has 0 heterocycles. The Morgan fingerprint density at radius 3 is 2.67 bits per heavy atom. The molecule has 21 heavy (non-hydrogen) atoms. The Morgan fingerprint density at radius 1 is 1.33 bits per heavy atom. The van der Waals surface area contributed by atoms with Crippen LogP contribution in [0.15, 0.2) is 18.2 Å². The van der Waals surface area contributed by atoms with Gasteiger partial charge in [0.2, 0.25) is 0 Å². The van der Waals surface area contributed by atoms with Crippen molar-refractivity contribution in [2.45, 2.75) is 43.7 Å². The molecule has 1 aromatic carbocycles. The lowest BCUT2D eigenvalue weighted by Gasteiger charge is -2.29. The minimum atomic E-state index is -0.507. The van der Waals surface area contributed by atoms with E-state index in [-0.39, 0.29) is 6.04 Å². The summed E-state index contributed by atoms with van der Waals surface area (Å²) in [7, 11) is 2.03. The van der Waals surface area contributed by atoms with Crippen molar-refractivity contribution in [2.75, 3.05) is 20.1 Å². The van der Waals surface area contributed by atoms with E-state index in [2.05, 4.69) is 4.90 Å². The third-order valence-electron chi connectivity index (χ3n) is 4.30. The summed E-state index contributed by atoms with van der Waals surface area (Å²) in [5.74, 6) is 0. The van der Waals surface area contributed by atoms with Gasteiger partial charge in [-0.05, 0) is 44.5 Å². The molecule has 1 unspecified atom stereocenters. The number of hydrogen-bond donors (Lipinski definition) is 2. The summed E-state index contributed by atoms with van der Waals surface area (Å²) >= 11 is 12.2. The standard InChI is InChI=1S/C16H24Cl2N2O/c1-20(11-16(21)8-2-3-9-16)10-7-14(19)12-5-4-6-13(17)15(12)18/h4-6,14,21H,2-3,7-11,19H2,1H3. The fourth-order valence-electron chi connectivity index (χ4n) is 3.09. The Balaban J connectivity index is 1.85. The monoisotopic (exact) mass is 330 g/mol. The van der Waals surface area contributed by atoms with Crippen molar-refractivity contribution in [1.29, 1.82) is 0 Å². The maximum atomic E-state index is 10.4. The molecule has 1 saturated carbocycles. The highest BCUT2D eigenvalue weighted by Crippen LogP contribution is 2.31. The summed E-state index contributed by atoms with van der Waals surface area (Å²) in [6.45, 7) is 1.54. The minimum Gasteiger partial charge on any atom is -0.389 e. The average Bonchev–Trinajstić information content (AvgIpc) is 2.85. The number of rotatable bonds is 6. The van der Waals surface area contributed by atoms with Gasteiger partial charge in [-0.2, -0.15) is 0 Å². The van der Waals surface area contributed by atoms with Crippen LogP contribution in [0, 0.1) is 0 Å². The van der Waals surface area contributed by atoms with Gasteiger partial charge >= 0.3 is 0 Å². The molecule has 1 atom stereocenters. The second-order valence-electron chi connectivity index (χ2n) is 6.21. The summed E-state index contributed by atoms with van der Waals surface area (Å²) in [5, 5.41) is 11.5. The molecule has 1 aliphatic rings. The van der Waals surface area contributed by atoms with Crippen LogP contribution in [-0.2, 0) is 0 Å². The van der Waals surface area contributed by atoms with E-state index >= 15 is 0 Å². The van der Waals surface area contributed by atoms with Crippen molar-refractivity contribution in [1.82, 2.24) is 4.90 Å². The van der Waals surface area contributed by atoms with Crippen molar-refractivity contribution in [3.8, 4) is 0 Å². The maximum Gasteiger partial charge on any atom is 0.0774 e. The topological polar surface area (TPSA) is 49.5 Å². The first-order valence-electron chi connectivity index (χ1n) is 7.52. The molecule has 0 amide bonds. The highest BCUT2D eigenvalue weighted by molar-refractivity contribution is 6.42. The third-order valence-corrected chi connectivity index (χ3v) is 5.13. The summed E-state index contributed by atoms with van der Waals surface area (Å²) in [4.78, 5) is 2.16. The summed E-state index contributed by atoms with van der Waals surface area (Å²) in [5.41, 5.74) is 6.60. The van der Waals surface area contributed by atoms with Gasteiger partial charge in [-0.25, -0.2) is 0 Å². The van der Waals surface area contributed by atoms with E-state index in [4.69, 9.17) is 28.9 Å². The Kier molecular flexibility index (Phi) is 5.92. The molecule has 0 bridgehead atoms. The van der Waals surface area contributed by atoms with E-state index in [0.717, 1.165) is 44.2 Å². The van der Waals surface area contributed by atoms with Crippen molar-refractivity contribution >= 4 is 23.2 Å². The van der Waals surface area contributed by atoms with Crippen LogP contribution >= 0.6 is 23.2 Å². The van der Waals surface area contributed by atoms with Crippen molar-refractivity contribution < 1.29 is 5.11 Å². The van der Waals surface area contributed by atoms with E-state index in [9.17, 15) is 5.11 Å². The highest BCUT2D eigenvalue weighted by atomic mass is 35.5. The van der Waals surface area contributed by atoms with Crippen LogP contribution in [0.2, 0.25) is 10.0 Å². The normalized spacial score (nSPS) is 19.1. The first kappa shape index (κ1) is 17.0. The van der Waals surface area contributed by atoms with Crippen LogP contribution in [0.25, 0.3) is 0 Å². The second kappa shape index (κ2) is 7.30. The first-order valence-corrected chi connectivity index (χ1v) is 8.27. The molecule has 0 saturated heterocycles. The molecule has 1 aliphatic carbocycles. The molecule has 2 rings (SSSR count). The molecule has 0 spiro atoms. The molecule has 1 fully saturated rings. The van der Waals surface area contributed by atoms with Gasteiger partial charge in [0.05, 0.1) is 15.6 Å². The van der Waals surface area contributed by atoms with Gasteiger partial charge in [0.15, 0.2) is 0 Å². The first-order chi connectivity index (χ1) is 9.91. The molecule has 0 aliphatic heterocycles. The number of aliphatic hydroxyl groups is 1. The van der Waals surface area contributed by atoms with E-state index in [1.165, 1.54) is 0 Å². The largest absolute Gasteiger partial charge is 0.389 e. The molecule has 0 radical (unpaired) electrons. The summed E-state index contributed by atoms with van der Waals surface area (Å²) < 4.78 is 0. The number of benzene rings is 1. The maximum absolute atomic E-state index is 10.4. The zero-order chi connectivity index (χ0) is 15.5. The lowest BCUT2D eigenvalue weighted by atomic mass is 10.0. The third kappa shape index (κ3) is 4.57. The number of halogens is 2. The van der Waals surface area contributed by atoms with Crippen molar-refractivity contribution in [3.63, 3.8) is 0 Å². The molecule has 0 aromatic heterocycles. The minimum absolute atomic E-state index is 0.142. The number of hydrogen-bond acceptors (Lipinski definition) is 3. The molecule has 1 aromatic rings. The van der Waals surface area contributed by atoms with Crippen LogP contribution in [0.4, 0.5) is 0 Å². The van der Waals surface area contributed by atoms with E-state index in [0.29, 0.717) is 16.6 Å². The number of nitrogens with zero attached hydrogens (tertiary/aromatic N) is 1. The predicted octanol–water partition coefficient (Wildman–Crippen LogP) is 3.62. The van der Waals surface area contributed by atoms with E-state index in [1.54, 1.807) is 6.07 Å². The average molecular weight is 331 g/mol. The summed E-state index contributed by atoms with van der Waals surface area (Å²) in [6, 6.07) is 5.41. The molecule has 118 valence electrons. The zero-order valence-corrected chi connectivity index (χ0v) is 14.0. The van der Waals surface area contributed by atoms with Crippen molar-refractivity contribution in [2.24, 2.45) is 5.73 Å². The zero-order valence-electron chi connectivity index (χ0n) is 12.5. The van der Waals surface area contributed by atoms with Gasteiger partial charge in [-0.1, -0.05) is 48.2 Å². The van der Waals surface area contributed by atoms with Crippen LogP contribution in [0.1, 0.15) is 43.7 Å². The SMILES string of the molecule is CN(CCC(N)c1cccc(Cl)c1Cl)CC1(O)CCCC1. The smallest absolute Gasteiger partial charge is 0.0774 e. The van der Waals surface area contributed by atoms with Gasteiger partial charge in [0.25, 0.3) is 0 Å². The Bertz CT molecular complexity index is 475. The van der Waals surface area contributed by atoms with Gasteiger partial charge < -0.3 is 15.7 Å². The van der Waals surface area contributed by atoms with Crippen molar-refractivity contribution in [3.05, 3.63) is 33.8 Å². The van der Waals surface area contributed by atoms with E-state index < -0.39 is 5.60 Å². The van der Waals surface area contributed by atoms with Crippen LogP contribution in [0.3, 0.4) is 0 Å². The Morgan fingerprint density at radius 2 is 2.00 bits per heavy atom.